The molecule has 0 aliphatic rings. The third-order valence-electron chi connectivity index (χ3n) is 2.64. The maximum absolute atomic E-state index is 9.53. The van der Waals surface area contributed by atoms with Gasteiger partial charge in [-0.2, -0.15) is 0 Å². The average Bonchev–Trinajstić information content (AvgIpc) is 2.33. The van der Waals surface area contributed by atoms with Gasteiger partial charge in [-0.1, -0.05) is 48.9 Å². The minimum absolute atomic E-state index is 0.124. The van der Waals surface area contributed by atoms with Crippen molar-refractivity contribution in [2.75, 3.05) is 0 Å². The number of rotatable bonds is 2. The van der Waals surface area contributed by atoms with Crippen LogP contribution in [0, 0.1) is 0 Å². The van der Waals surface area contributed by atoms with Gasteiger partial charge in [-0.05, 0) is 35.2 Å². The highest BCUT2D eigenvalue weighted by molar-refractivity contribution is 6.32. The molecule has 82 valence electrons. The van der Waals surface area contributed by atoms with E-state index >= 15 is 0 Å². The molecule has 16 heavy (non-hydrogen) atoms. The van der Waals surface area contributed by atoms with Gasteiger partial charge in [0.15, 0.2) is 0 Å². The summed E-state index contributed by atoms with van der Waals surface area (Å²) in [5.74, 6) is 0.124. The number of phenolic OH excluding ortho intramolecular Hbond substituents is 1. The Bertz CT molecular complexity index is 489. The Hall–Kier alpha value is -1.47. The van der Waals surface area contributed by atoms with Crippen LogP contribution in [0.5, 0.6) is 5.75 Å². The summed E-state index contributed by atoms with van der Waals surface area (Å²) in [5, 5.41) is 9.91. The van der Waals surface area contributed by atoms with Crippen molar-refractivity contribution in [2.45, 2.75) is 13.3 Å². The zero-order chi connectivity index (χ0) is 11.5. The second-order valence-corrected chi connectivity index (χ2v) is 4.12. The molecule has 0 atom stereocenters. The van der Waals surface area contributed by atoms with E-state index in [0.717, 1.165) is 17.5 Å². The van der Waals surface area contributed by atoms with E-state index in [9.17, 15) is 5.11 Å². The lowest BCUT2D eigenvalue weighted by Crippen LogP contribution is -1.81. The molecule has 0 radical (unpaired) electrons. The Morgan fingerprint density at radius 1 is 1.00 bits per heavy atom. The van der Waals surface area contributed by atoms with Crippen LogP contribution in [0.3, 0.4) is 0 Å². The molecule has 0 aliphatic carbocycles. The quantitative estimate of drug-likeness (QED) is 0.820. The minimum Gasteiger partial charge on any atom is -0.506 e. The second kappa shape index (κ2) is 4.58. The van der Waals surface area contributed by atoms with Crippen LogP contribution in [0.4, 0.5) is 0 Å². The van der Waals surface area contributed by atoms with E-state index in [4.69, 9.17) is 11.6 Å². The molecule has 0 spiro atoms. The van der Waals surface area contributed by atoms with Crippen molar-refractivity contribution < 1.29 is 5.11 Å². The summed E-state index contributed by atoms with van der Waals surface area (Å²) in [7, 11) is 0. The van der Waals surface area contributed by atoms with Gasteiger partial charge in [-0.3, -0.25) is 0 Å². The van der Waals surface area contributed by atoms with Gasteiger partial charge in [-0.25, -0.2) is 0 Å². The maximum atomic E-state index is 9.53. The molecule has 0 saturated carbocycles. The summed E-state index contributed by atoms with van der Waals surface area (Å²) >= 11 is 5.77. The lowest BCUT2D eigenvalue weighted by Gasteiger charge is -2.04. The van der Waals surface area contributed by atoms with E-state index in [1.165, 1.54) is 5.56 Å². The van der Waals surface area contributed by atoms with E-state index in [-0.39, 0.29) is 5.75 Å². The molecule has 0 unspecified atom stereocenters. The first kappa shape index (κ1) is 11.0. The zero-order valence-corrected chi connectivity index (χ0v) is 9.83. The van der Waals surface area contributed by atoms with Crippen molar-refractivity contribution in [1.82, 2.24) is 0 Å². The summed E-state index contributed by atoms with van der Waals surface area (Å²) in [5.41, 5.74) is 3.37. The third-order valence-corrected chi connectivity index (χ3v) is 2.96. The van der Waals surface area contributed by atoms with E-state index in [2.05, 4.69) is 31.2 Å². The van der Waals surface area contributed by atoms with Gasteiger partial charge in [0.1, 0.15) is 5.75 Å². The highest BCUT2D eigenvalue weighted by atomic mass is 35.5. The molecular weight excluding hydrogens is 220 g/mol. The summed E-state index contributed by atoms with van der Waals surface area (Å²) in [6, 6.07) is 13.6. The monoisotopic (exact) mass is 232 g/mol. The SMILES string of the molecule is CCc1ccc(-c2ccc(Cl)c(O)c2)cc1. The summed E-state index contributed by atoms with van der Waals surface area (Å²) in [6.07, 6.45) is 1.03. The standard InChI is InChI=1S/C14H13ClO/c1-2-10-3-5-11(6-4-10)12-7-8-13(15)14(16)9-12/h3-9,16H,2H2,1H3. The van der Waals surface area contributed by atoms with Crippen LogP contribution < -0.4 is 0 Å². The number of benzene rings is 2. The Labute approximate surface area is 100 Å². The Morgan fingerprint density at radius 3 is 2.19 bits per heavy atom. The second-order valence-electron chi connectivity index (χ2n) is 3.72. The van der Waals surface area contributed by atoms with Gasteiger partial charge in [0.2, 0.25) is 0 Å². The number of aromatic hydroxyl groups is 1. The van der Waals surface area contributed by atoms with E-state index < -0.39 is 0 Å². The molecular formula is C14H13ClO. The molecule has 2 rings (SSSR count). The smallest absolute Gasteiger partial charge is 0.134 e. The van der Waals surface area contributed by atoms with Crippen molar-refractivity contribution in [1.29, 1.82) is 0 Å². The first-order valence-corrected chi connectivity index (χ1v) is 5.66. The molecule has 0 aromatic heterocycles. The molecule has 2 aromatic carbocycles. The lowest BCUT2D eigenvalue weighted by atomic mass is 10.0. The van der Waals surface area contributed by atoms with Crippen LogP contribution in [0.25, 0.3) is 11.1 Å². The van der Waals surface area contributed by atoms with Gasteiger partial charge in [0.05, 0.1) is 5.02 Å². The molecule has 1 nitrogen and oxygen atoms in total. The maximum Gasteiger partial charge on any atom is 0.134 e. The van der Waals surface area contributed by atoms with Crippen molar-refractivity contribution >= 4 is 11.6 Å². The van der Waals surface area contributed by atoms with Crippen molar-refractivity contribution in [2.24, 2.45) is 0 Å². The Morgan fingerprint density at radius 2 is 1.62 bits per heavy atom. The van der Waals surface area contributed by atoms with Crippen LogP contribution in [0.2, 0.25) is 5.02 Å². The van der Waals surface area contributed by atoms with Crippen LogP contribution in [-0.4, -0.2) is 5.11 Å². The molecule has 2 aromatic rings. The Kier molecular flexibility index (Phi) is 3.16. The third kappa shape index (κ3) is 2.20. The lowest BCUT2D eigenvalue weighted by molar-refractivity contribution is 0.476. The van der Waals surface area contributed by atoms with Crippen LogP contribution in [0.15, 0.2) is 42.5 Å². The Balaban J connectivity index is 2.38. The van der Waals surface area contributed by atoms with Gasteiger partial charge >= 0.3 is 0 Å². The van der Waals surface area contributed by atoms with E-state index in [0.29, 0.717) is 5.02 Å². The van der Waals surface area contributed by atoms with Crippen LogP contribution in [0.1, 0.15) is 12.5 Å². The highest BCUT2D eigenvalue weighted by Gasteiger charge is 2.02. The zero-order valence-electron chi connectivity index (χ0n) is 9.07. The van der Waals surface area contributed by atoms with Crippen molar-refractivity contribution in [3.63, 3.8) is 0 Å². The molecule has 2 heteroatoms. The highest BCUT2D eigenvalue weighted by Crippen LogP contribution is 2.29. The fourth-order valence-corrected chi connectivity index (χ4v) is 1.74. The van der Waals surface area contributed by atoms with E-state index in [1.54, 1.807) is 12.1 Å². The first-order valence-electron chi connectivity index (χ1n) is 5.28. The van der Waals surface area contributed by atoms with Crippen molar-refractivity contribution in [3.8, 4) is 16.9 Å². The van der Waals surface area contributed by atoms with Gasteiger partial charge in [0, 0.05) is 0 Å². The predicted molar refractivity (Wildman–Crippen MR) is 67.9 cm³/mol. The topological polar surface area (TPSA) is 20.2 Å². The fourth-order valence-electron chi connectivity index (χ4n) is 1.63. The normalized spacial score (nSPS) is 10.4. The molecule has 0 amide bonds. The predicted octanol–water partition coefficient (Wildman–Crippen LogP) is 4.28. The average molecular weight is 233 g/mol. The number of halogens is 1. The summed E-state index contributed by atoms with van der Waals surface area (Å²) < 4.78 is 0. The number of aryl methyl sites for hydroxylation is 1. The summed E-state index contributed by atoms with van der Waals surface area (Å²) in [6.45, 7) is 2.13. The minimum atomic E-state index is 0.124. The molecule has 1 N–H and O–H groups in total. The largest absolute Gasteiger partial charge is 0.506 e. The number of phenols is 1. The van der Waals surface area contributed by atoms with E-state index in [1.807, 2.05) is 6.07 Å². The fraction of sp³-hybridized carbons (Fsp3) is 0.143. The molecule has 0 bridgehead atoms. The van der Waals surface area contributed by atoms with Gasteiger partial charge in [-0.15, -0.1) is 0 Å². The molecule has 0 heterocycles. The number of hydrogen-bond donors (Lipinski definition) is 1. The van der Waals surface area contributed by atoms with Crippen LogP contribution >= 0.6 is 11.6 Å². The first-order chi connectivity index (χ1) is 7.70. The molecule has 0 aliphatic heterocycles. The van der Waals surface area contributed by atoms with Gasteiger partial charge < -0.3 is 5.11 Å². The molecule has 0 fully saturated rings. The van der Waals surface area contributed by atoms with Gasteiger partial charge in [0.25, 0.3) is 0 Å². The summed E-state index contributed by atoms with van der Waals surface area (Å²) in [4.78, 5) is 0. The number of hydrogen-bond acceptors (Lipinski definition) is 1. The molecule has 0 saturated heterocycles. The van der Waals surface area contributed by atoms with Crippen LogP contribution in [-0.2, 0) is 6.42 Å². The van der Waals surface area contributed by atoms with Crippen molar-refractivity contribution in [3.05, 3.63) is 53.1 Å².